The standard InChI is InChI=1S/C35H32BrN3O7/c1-5-44-26-14-12-22(19-29(26)45-6-2)35(41)46-25-15-13-24(36)18-23(25)20-37-39-34(40)33-30(21-10-8-7-9-11-21)31-27(42-3)16-17-28(43-4)32(31)38-33/h7-20,38H,5-6H2,1-4H3,(H,39,40). The van der Waals surface area contributed by atoms with E-state index in [0.717, 1.165) is 10.0 Å². The molecular formula is C35H32BrN3O7. The predicted molar refractivity (Wildman–Crippen MR) is 180 cm³/mol. The van der Waals surface area contributed by atoms with Crippen molar-refractivity contribution in [3.63, 3.8) is 0 Å². The van der Waals surface area contributed by atoms with Crippen LogP contribution in [0.4, 0.5) is 0 Å². The molecule has 0 aliphatic carbocycles. The Morgan fingerprint density at radius 1 is 0.826 bits per heavy atom. The van der Waals surface area contributed by atoms with Gasteiger partial charge in [0.05, 0.1) is 50.1 Å². The fraction of sp³-hybridized carbons (Fsp3) is 0.171. The van der Waals surface area contributed by atoms with Crippen molar-refractivity contribution < 1.29 is 33.3 Å². The first kappa shape index (κ1) is 32.1. The molecule has 5 aromatic rings. The lowest BCUT2D eigenvalue weighted by Crippen LogP contribution is -2.19. The van der Waals surface area contributed by atoms with Crippen LogP contribution in [0.2, 0.25) is 0 Å². The lowest BCUT2D eigenvalue weighted by atomic mass is 10.0. The van der Waals surface area contributed by atoms with Gasteiger partial charge in [-0.15, -0.1) is 0 Å². The van der Waals surface area contributed by atoms with Gasteiger partial charge in [-0.05, 0) is 67.9 Å². The van der Waals surface area contributed by atoms with Gasteiger partial charge in [-0.2, -0.15) is 5.10 Å². The van der Waals surface area contributed by atoms with Crippen LogP contribution in [0, 0.1) is 0 Å². The van der Waals surface area contributed by atoms with E-state index in [9.17, 15) is 9.59 Å². The number of nitrogens with zero attached hydrogens (tertiary/aromatic N) is 1. The van der Waals surface area contributed by atoms with Crippen LogP contribution >= 0.6 is 15.9 Å². The molecule has 5 rings (SSSR count). The van der Waals surface area contributed by atoms with Crippen LogP contribution in [-0.2, 0) is 0 Å². The van der Waals surface area contributed by atoms with Crippen molar-refractivity contribution in [3.8, 4) is 39.9 Å². The number of hydrogen-bond acceptors (Lipinski definition) is 8. The summed E-state index contributed by atoms with van der Waals surface area (Å²) in [6, 6.07) is 23.0. The van der Waals surface area contributed by atoms with Gasteiger partial charge in [0.2, 0.25) is 0 Å². The zero-order chi connectivity index (χ0) is 32.6. The molecule has 0 saturated carbocycles. The van der Waals surface area contributed by atoms with E-state index in [2.05, 4.69) is 31.4 Å². The first-order valence-electron chi connectivity index (χ1n) is 14.4. The smallest absolute Gasteiger partial charge is 0.343 e. The average molecular weight is 687 g/mol. The second-order valence-corrected chi connectivity index (χ2v) is 10.7. The molecule has 0 atom stereocenters. The summed E-state index contributed by atoms with van der Waals surface area (Å²) in [7, 11) is 3.13. The molecule has 0 bridgehead atoms. The van der Waals surface area contributed by atoms with Gasteiger partial charge in [0.1, 0.15) is 22.9 Å². The number of aromatic nitrogens is 1. The molecule has 4 aromatic carbocycles. The SMILES string of the molecule is CCOc1ccc(C(=O)Oc2ccc(Br)cc2C=NNC(=O)c2[nH]c3c(OC)ccc(OC)c3c2-c2ccccc2)cc1OCC. The molecule has 0 aliphatic rings. The van der Waals surface area contributed by atoms with Crippen LogP contribution in [0.25, 0.3) is 22.0 Å². The van der Waals surface area contributed by atoms with Crippen molar-refractivity contribution in [3.05, 3.63) is 100 Å². The summed E-state index contributed by atoms with van der Waals surface area (Å²) in [5.74, 6) is 1.26. The number of halogens is 1. The van der Waals surface area contributed by atoms with E-state index < -0.39 is 11.9 Å². The fourth-order valence-corrected chi connectivity index (χ4v) is 5.30. The van der Waals surface area contributed by atoms with Gasteiger partial charge in [-0.1, -0.05) is 46.3 Å². The molecule has 236 valence electrons. The summed E-state index contributed by atoms with van der Waals surface area (Å²) in [4.78, 5) is 30.0. The van der Waals surface area contributed by atoms with E-state index in [0.29, 0.717) is 58.2 Å². The van der Waals surface area contributed by atoms with E-state index in [-0.39, 0.29) is 17.0 Å². The third kappa shape index (κ3) is 6.84. The maximum Gasteiger partial charge on any atom is 0.343 e. The minimum atomic E-state index is -0.599. The summed E-state index contributed by atoms with van der Waals surface area (Å²) in [5.41, 5.74) is 5.64. The number of esters is 1. The molecule has 10 nitrogen and oxygen atoms in total. The molecule has 0 unspecified atom stereocenters. The van der Waals surface area contributed by atoms with Crippen molar-refractivity contribution in [2.24, 2.45) is 5.10 Å². The number of hydrogen-bond donors (Lipinski definition) is 2. The van der Waals surface area contributed by atoms with Gasteiger partial charge in [-0.25, -0.2) is 10.2 Å². The van der Waals surface area contributed by atoms with Gasteiger partial charge >= 0.3 is 5.97 Å². The Balaban J connectivity index is 1.43. The van der Waals surface area contributed by atoms with Gasteiger partial charge in [-0.3, -0.25) is 4.79 Å². The first-order valence-corrected chi connectivity index (χ1v) is 15.2. The summed E-state index contributed by atoms with van der Waals surface area (Å²) >= 11 is 3.45. The summed E-state index contributed by atoms with van der Waals surface area (Å²) in [6.45, 7) is 4.58. The number of ether oxygens (including phenoxy) is 5. The number of fused-ring (bicyclic) bond motifs is 1. The Labute approximate surface area is 274 Å². The molecule has 1 heterocycles. The number of rotatable bonds is 12. The molecule has 0 saturated heterocycles. The molecule has 11 heteroatoms. The van der Waals surface area contributed by atoms with E-state index in [1.165, 1.54) is 6.21 Å². The monoisotopic (exact) mass is 685 g/mol. The van der Waals surface area contributed by atoms with Crippen molar-refractivity contribution >= 4 is 44.9 Å². The molecule has 46 heavy (non-hydrogen) atoms. The zero-order valence-corrected chi connectivity index (χ0v) is 27.3. The van der Waals surface area contributed by atoms with Crippen LogP contribution in [0.3, 0.4) is 0 Å². The van der Waals surface area contributed by atoms with E-state index >= 15 is 0 Å². The van der Waals surface area contributed by atoms with Crippen LogP contribution in [0.5, 0.6) is 28.7 Å². The summed E-state index contributed by atoms with van der Waals surface area (Å²) in [5, 5.41) is 4.90. The maximum atomic E-state index is 13.6. The molecule has 0 aliphatic heterocycles. The number of aromatic amines is 1. The topological polar surface area (TPSA) is 120 Å². The van der Waals surface area contributed by atoms with E-state index in [1.807, 2.05) is 44.2 Å². The highest BCUT2D eigenvalue weighted by Crippen LogP contribution is 2.42. The number of hydrazone groups is 1. The Kier molecular flexibility index (Phi) is 10.2. The largest absolute Gasteiger partial charge is 0.496 e. The van der Waals surface area contributed by atoms with Crippen LogP contribution < -0.4 is 29.1 Å². The van der Waals surface area contributed by atoms with E-state index in [1.54, 1.807) is 62.8 Å². The second kappa shape index (κ2) is 14.7. The quantitative estimate of drug-likeness (QED) is 0.0608. The van der Waals surface area contributed by atoms with Gasteiger partial charge in [0, 0.05) is 15.6 Å². The van der Waals surface area contributed by atoms with Crippen molar-refractivity contribution in [1.82, 2.24) is 10.4 Å². The zero-order valence-electron chi connectivity index (χ0n) is 25.7. The van der Waals surface area contributed by atoms with Gasteiger partial charge in [0.25, 0.3) is 5.91 Å². The molecule has 0 fully saturated rings. The number of carbonyl (C=O) groups excluding carboxylic acids is 2. The minimum Gasteiger partial charge on any atom is -0.496 e. The molecule has 1 aromatic heterocycles. The van der Waals surface area contributed by atoms with Crippen molar-refractivity contribution in [2.75, 3.05) is 27.4 Å². The van der Waals surface area contributed by atoms with Crippen LogP contribution in [0.15, 0.2) is 88.4 Å². The number of nitrogens with one attached hydrogen (secondary N) is 2. The summed E-state index contributed by atoms with van der Waals surface area (Å²) in [6.07, 6.45) is 1.40. The Morgan fingerprint density at radius 2 is 1.50 bits per heavy atom. The molecule has 1 amide bonds. The summed E-state index contributed by atoms with van der Waals surface area (Å²) < 4.78 is 28.9. The van der Waals surface area contributed by atoms with Crippen LogP contribution in [0.1, 0.15) is 40.3 Å². The molecule has 2 N–H and O–H groups in total. The third-order valence-corrected chi connectivity index (χ3v) is 7.42. The Hall–Kier alpha value is -5.29. The average Bonchev–Trinajstić information content (AvgIpc) is 3.48. The first-order chi connectivity index (χ1) is 22.4. The number of methoxy groups -OCH3 is 2. The van der Waals surface area contributed by atoms with E-state index in [4.69, 9.17) is 23.7 Å². The highest BCUT2D eigenvalue weighted by atomic mass is 79.9. The third-order valence-electron chi connectivity index (χ3n) is 6.93. The highest BCUT2D eigenvalue weighted by molar-refractivity contribution is 9.10. The Morgan fingerprint density at radius 3 is 2.22 bits per heavy atom. The predicted octanol–water partition coefficient (Wildman–Crippen LogP) is 7.40. The number of amides is 1. The van der Waals surface area contributed by atoms with Crippen molar-refractivity contribution in [1.29, 1.82) is 0 Å². The minimum absolute atomic E-state index is 0.239. The Bertz CT molecular complexity index is 1900. The van der Waals surface area contributed by atoms with Gasteiger partial charge in [0.15, 0.2) is 11.5 Å². The molecule has 0 radical (unpaired) electrons. The number of H-pyrrole nitrogens is 1. The normalized spacial score (nSPS) is 11.0. The number of benzene rings is 4. The molecular weight excluding hydrogens is 654 g/mol. The molecule has 0 spiro atoms. The lowest BCUT2D eigenvalue weighted by molar-refractivity contribution is 0.0733. The van der Waals surface area contributed by atoms with Crippen LogP contribution in [-0.4, -0.2) is 50.5 Å². The number of carbonyl (C=O) groups is 2. The highest BCUT2D eigenvalue weighted by Gasteiger charge is 2.24. The van der Waals surface area contributed by atoms with Gasteiger partial charge < -0.3 is 28.7 Å². The lowest BCUT2D eigenvalue weighted by Gasteiger charge is -2.13. The second-order valence-electron chi connectivity index (χ2n) is 9.76. The van der Waals surface area contributed by atoms with Crippen molar-refractivity contribution in [2.45, 2.75) is 13.8 Å². The fourth-order valence-electron chi connectivity index (χ4n) is 4.92. The maximum absolute atomic E-state index is 13.6.